The highest BCUT2D eigenvalue weighted by Gasteiger charge is 2.38. The predicted molar refractivity (Wildman–Crippen MR) is 93.8 cm³/mol. The topological polar surface area (TPSA) is 102 Å². The molecule has 8 heteroatoms. The van der Waals surface area contributed by atoms with E-state index >= 15 is 0 Å². The van der Waals surface area contributed by atoms with Crippen molar-refractivity contribution in [3.8, 4) is 11.3 Å². The van der Waals surface area contributed by atoms with E-state index in [1.54, 1.807) is 12.3 Å². The van der Waals surface area contributed by atoms with Crippen LogP contribution in [0.4, 0.5) is 0 Å². The Kier molecular flexibility index (Phi) is 5.58. The third-order valence-electron chi connectivity index (χ3n) is 4.26. The summed E-state index contributed by atoms with van der Waals surface area (Å²) in [6.07, 6.45) is 2.35. The quantitative estimate of drug-likeness (QED) is 0.768. The number of aliphatic carboxylic acids is 1. The second-order valence-corrected chi connectivity index (χ2v) is 6.71. The van der Waals surface area contributed by atoms with Crippen LogP contribution in [0.2, 0.25) is 5.02 Å². The van der Waals surface area contributed by atoms with Crippen LogP contribution in [0.5, 0.6) is 0 Å². The summed E-state index contributed by atoms with van der Waals surface area (Å²) in [6, 6.07) is 7.27. The minimum absolute atomic E-state index is 0.143. The molecule has 26 heavy (non-hydrogen) atoms. The largest absolute Gasteiger partial charge is 0.481 e. The molecule has 1 atom stereocenters. The van der Waals surface area contributed by atoms with Gasteiger partial charge in [-0.05, 0) is 18.6 Å². The minimum Gasteiger partial charge on any atom is -0.481 e. The van der Waals surface area contributed by atoms with E-state index in [2.05, 4.69) is 10.3 Å². The normalized spacial score (nSPS) is 19.4. The van der Waals surface area contributed by atoms with Gasteiger partial charge in [-0.15, -0.1) is 0 Å². The van der Waals surface area contributed by atoms with Crippen molar-refractivity contribution in [1.29, 1.82) is 0 Å². The van der Waals surface area contributed by atoms with Gasteiger partial charge in [0.1, 0.15) is 0 Å². The molecule has 1 amide bonds. The summed E-state index contributed by atoms with van der Waals surface area (Å²) < 4.78 is 10.9. The Hall–Kier alpha value is -2.38. The number of nitrogens with zero attached hydrogens (tertiary/aromatic N) is 1. The van der Waals surface area contributed by atoms with Gasteiger partial charge >= 0.3 is 5.97 Å². The number of aromatic nitrogens is 1. The minimum atomic E-state index is -0.965. The number of amides is 1. The lowest BCUT2D eigenvalue weighted by atomic mass is 9.94. The van der Waals surface area contributed by atoms with Crippen LogP contribution in [0.1, 0.15) is 25.2 Å². The van der Waals surface area contributed by atoms with Crippen molar-refractivity contribution in [3.05, 3.63) is 41.4 Å². The molecule has 1 saturated heterocycles. The fourth-order valence-corrected chi connectivity index (χ4v) is 3.20. The van der Waals surface area contributed by atoms with E-state index in [0.29, 0.717) is 36.1 Å². The number of carboxylic acids is 1. The SMILES string of the molecule is O=C(O)CC1(NC(=O)CCc2ncc(-c3ccccc3Cl)o2)CCOC1. The van der Waals surface area contributed by atoms with Crippen molar-refractivity contribution >= 4 is 23.5 Å². The molecule has 2 N–H and O–H groups in total. The van der Waals surface area contributed by atoms with Crippen LogP contribution in [0.25, 0.3) is 11.3 Å². The van der Waals surface area contributed by atoms with Crippen LogP contribution < -0.4 is 5.32 Å². The number of aryl methyl sites for hydroxylation is 1. The van der Waals surface area contributed by atoms with E-state index in [-0.39, 0.29) is 25.4 Å². The zero-order chi connectivity index (χ0) is 18.6. The van der Waals surface area contributed by atoms with Crippen molar-refractivity contribution in [2.75, 3.05) is 13.2 Å². The fraction of sp³-hybridized carbons (Fsp3) is 0.389. The molecule has 2 heterocycles. The molecule has 0 radical (unpaired) electrons. The van der Waals surface area contributed by atoms with Gasteiger partial charge in [0.2, 0.25) is 5.91 Å². The van der Waals surface area contributed by atoms with Gasteiger partial charge in [0.15, 0.2) is 11.7 Å². The summed E-state index contributed by atoms with van der Waals surface area (Å²) in [7, 11) is 0. The number of hydrogen-bond donors (Lipinski definition) is 2. The van der Waals surface area contributed by atoms with Crippen LogP contribution >= 0.6 is 11.6 Å². The molecule has 1 aliphatic rings. The average Bonchev–Trinajstić information content (AvgIpc) is 3.22. The van der Waals surface area contributed by atoms with Crippen molar-refractivity contribution in [1.82, 2.24) is 10.3 Å². The number of carbonyl (C=O) groups is 2. The van der Waals surface area contributed by atoms with Gasteiger partial charge in [-0.2, -0.15) is 0 Å². The number of ether oxygens (including phenoxy) is 1. The highest BCUT2D eigenvalue weighted by Crippen LogP contribution is 2.28. The lowest BCUT2D eigenvalue weighted by Crippen LogP contribution is -2.50. The maximum atomic E-state index is 12.2. The fourth-order valence-electron chi connectivity index (χ4n) is 2.97. The zero-order valence-electron chi connectivity index (χ0n) is 14.0. The van der Waals surface area contributed by atoms with Crippen LogP contribution in [0.3, 0.4) is 0 Å². The van der Waals surface area contributed by atoms with Gasteiger partial charge in [-0.25, -0.2) is 4.98 Å². The average molecular weight is 379 g/mol. The van der Waals surface area contributed by atoms with Crippen LogP contribution in [-0.2, 0) is 20.7 Å². The van der Waals surface area contributed by atoms with Gasteiger partial charge in [0, 0.05) is 25.0 Å². The number of carboxylic acid groups (broad SMARTS) is 1. The molecule has 0 aliphatic carbocycles. The predicted octanol–water partition coefficient (Wildman–Crippen LogP) is 2.68. The number of carbonyl (C=O) groups excluding carboxylic acids is 1. The monoisotopic (exact) mass is 378 g/mol. The number of halogens is 1. The van der Waals surface area contributed by atoms with Gasteiger partial charge in [0.25, 0.3) is 0 Å². The summed E-state index contributed by atoms with van der Waals surface area (Å²) in [4.78, 5) is 27.5. The Balaban J connectivity index is 1.58. The molecule has 1 aromatic heterocycles. The van der Waals surface area contributed by atoms with Crippen molar-refractivity contribution < 1.29 is 23.8 Å². The number of nitrogens with one attached hydrogen (secondary N) is 1. The van der Waals surface area contributed by atoms with Gasteiger partial charge < -0.3 is 19.6 Å². The van der Waals surface area contributed by atoms with Crippen LogP contribution in [-0.4, -0.2) is 40.7 Å². The first-order chi connectivity index (χ1) is 12.5. The van der Waals surface area contributed by atoms with Crippen molar-refractivity contribution in [2.24, 2.45) is 0 Å². The highest BCUT2D eigenvalue weighted by molar-refractivity contribution is 6.33. The van der Waals surface area contributed by atoms with Crippen LogP contribution in [0.15, 0.2) is 34.9 Å². The molecule has 138 valence electrons. The van der Waals surface area contributed by atoms with E-state index in [1.807, 2.05) is 18.2 Å². The number of rotatable bonds is 7. The van der Waals surface area contributed by atoms with E-state index in [9.17, 15) is 9.59 Å². The van der Waals surface area contributed by atoms with Gasteiger partial charge in [0.05, 0.1) is 29.8 Å². The number of benzene rings is 1. The summed E-state index contributed by atoms with van der Waals surface area (Å²) >= 11 is 6.14. The molecular weight excluding hydrogens is 360 g/mol. The number of oxazole rings is 1. The Morgan fingerprint density at radius 2 is 2.15 bits per heavy atom. The molecule has 0 bridgehead atoms. The molecule has 0 saturated carbocycles. The van der Waals surface area contributed by atoms with Crippen molar-refractivity contribution in [3.63, 3.8) is 0 Å². The third kappa shape index (κ3) is 4.42. The molecule has 1 fully saturated rings. The van der Waals surface area contributed by atoms with Crippen LogP contribution in [0, 0.1) is 0 Å². The molecule has 7 nitrogen and oxygen atoms in total. The number of hydrogen-bond acceptors (Lipinski definition) is 5. The lowest BCUT2D eigenvalue weighted by Gasteiger charge is -2.26. The van der Waals surface area contributed by atoms with Gasteiger partial charge in [-0.1, -0.05) is 23.7 Å². The molecule has 0 spiro atoms. The second-order valence-electron chi connectivity index (χ2n) is 6.30. The third-order valence-corrected chi connectivity index (χ3v) is 4.59. The first kappa shape index (κ1) is 18.4. The van der Waals surface area contributed by atoms with E-state index < -0.39 is 11.5 Å². The molecule has 3 rings (SSSR count). The Labute approximate surface area is 155 Å². The highest BCUT2D eigenvalue weighted by atomic mass is 35.5. The molecule has 1 unspecified atom stereocenters. The standard InChI is InChI=1S/C18H19ClN2O5/c19-13-4-2-1-3-12(13)14-10-20-16(26-14)6-5-15(22)21-18(9-17(23)24)7-8-25-11-18/h1-4,10H,5-9,11H2,(H,21,22)(H,23,24). The first-order valence-electron chi connectivity index (χ1n) is 8.28. The van der Waals surface area contributed by atoms with E-state index in [4.69, 9.17) is 25.9 Å². The first-order valence-corrected chi connectivity index (χ1v) is 8.65. The van der Waals surface area contributed by atoms with Gasteiger partial charge in [-0.3, -0.25) is 9.59 Å². The molecule has 1 aliphatic heterocycles. The maximum absolute atomic E-state index is 12.2. The van der Waals surface area contributed by atoms with Crippen molar-refractivity contribution in [2.45, 2.75) is 31.2 Å². The Morgan fingerprint density at radius 3 is 2.85 bits per heavy atom. The summed E-state index contributed by atoms with van der Waals surface area (Å²) in [5, 5.41) is 12.4. The second kappa shape index (κ2) is 7.88. The summed E-state index contributed by atoms with van der Waals surface area (Å²) in [6.45, 7) is 0.648. The maximum Gasteiger partial charge on any atom is 0.305 e. The molecule has 2 aromatic rings. The Bertz CT molecular complexity index is 798. The van der Waals surface area contributed by atoms with E-state index in [1.165, 1.54) is 0 Å². The zero-order valence-corrected chi connectivity index (χ0v) is 14.8. The summed E-state index contributed by atoms with van der Waals surface area (Å²) in [5.41, 5.74) is -0.0942. The smallest absolute Gasteiger partial charge is 0.305 e. The van der Waals surface area contributed by atoms with E-state index in [0.717, 1.165) is 5.56 Å². The summed E-state index contributed by atoms with van der Waals surface area (Å²) in [5.74, 6) is -0.260. The lowest BCUT2D eigenvalue weighted by molar-refractivity contribution is -0.139. The Morgan fingerprint density at radius 1 is 1.35 bits per heavy atom. The molecule has 1 aromatic carbocycles. The molecular formula is C18H19ClN2O5.